The van der Waals surface area contributed by atoms with Gasteiger partial charge in [-0.3, -0.25) is 0 Å². The van der Waals surface area contributed by atoms with E-state index < -0.39 is 0 Å². The SMILES string of the molecule is CC1CCC(CCNC2C(C)(C)[C@H]3CC[C@]2(C)C3)CC1. The van der Waals surface area contributed by atoms with Crippen LogP contribution in [0.2, 0.25) is 0 Å². The highest BCUT2D eigenvalue weighted by Gasteiger charge is 2.58. The summed E-state index contributed by atoms with van der Waals surface area (Å²) in [5.74, 6) is 2.97. The highest BCUT2D eigenvalue weighted by molar-refractivity contribution is 5.11. The van der Waals surface area contributed by atoms with E-state index in [4.69, 9.17) is 0 Å². The molecule has 3 aliphatic carbocycles. The lowest BCUT2D eigenvalue weighted by Crippen LogP contribution is -2.50. The fraction of sp³-hybridized carbons (Fsp3) is 1.00. The number of hydrogen-bond acceptors (Lipinski definition) is 1. The first-order valence-electron chi connectivity index (χ1n) is 9.15. The van der Waals surface area contributed by atoms with Crippen LogP contribution in [-0.2, 0) is 0 Å². The molecule has 3 aliphatic rings. The molecule has 116 valence electrons. The lowest BCUT2D eigenvalue weighted by molar-refractivity contribution is 0.107. The molecule has 0 aromatic heterocycles. The van der Waals surface area contributed by atoms with Gasteiger partial charge in [-0.15, -0.1) is 0 Å². The molecule has 3 rings (SSSR count). The van der Waals surface area contributed by atoms with Crippen molar-refractivity contribution in [3.8, 4) is 0 Å². The van der Waals surface area contributed by atoms with Gasteiger partial charge >= 0.3 is 0 Å². The molecule has 3 fully saturated rings. The molecule has 0 aliphatic heterocycles. The maximum absolute atomic E-state index is 4.00. The summed E-state index contributed by atoms with van der Waals surface area (Å²) in [6.07, 6.45) is 11.7. The zero-order valence-corrected chi connectivity index (χ0v) is 14.2. The van der Waals surface area contributed by atoms with Crippen molar-refractivity contribution in [2.45, 2.75) is 85.1 Å². The van der Waals surface area contributed by atoms with E-state index in [1.165, 1.54) is 57.9 Å². The predicted octanol–water partition coefficient (Wildman–Crippen LogP) is 5.01. The van der Waals surface area contributed by atoms with Crippen molar-refractivity contribution in [3.05, 3.63) is 0 Å². The Morgan fingerprint density at radius 1 is 1.00 bits per heavy atom. The van der Waals surface area contributed by atoms with E-state index in [0.29, 0.717) is 10.8 Å². The van der Waals surface area contributed by atoms with Gasteiger partial charge in [0, 0.05) is 6.04 Å². The third kappa shape index (κ3) is 2.56. The van der Waals surface area contributed by atoms with Crippen molar-refractivity contribution in [2.75, 3.05) is 6.54 Å². The molecular formula is C19H35N. The van der Waals surface area contributed by atoms with Crippen molar-refractivity contribution in [1.29, 1.82) is 0 Å². The van der Waals surface area contributed by atoms with E-state index in [1.807, 2.05) is 0 Å². The second-order valence-corrected chi connectivity index (χ2v) is 9.22. The predicted molar refractivity (Wildman–Crippen MR) is 86.8 cm³/mol. The second-order valence-electron chi connectivity index (χ2n) is 9.22. The van der Waals surface area contributed by atoms with Crippen LogP contribution >= 0.6 is 0 Å². The molecule has 0 heterocycles. The quantitative estimate of drug-likeness (QED) is 0.762. The largest absolute Gasteiger partial charge is 0.313 e. The van der Waals surface area contributed by atoms with E-state index in [0.717, 1.165) is 23.8 Å². The van der Waals surface area contributed by atoms with Crippen LogP contribution in [0.1, 0.15) is 79.1 Å². The Kier molecular flexibility index (Phi) is 3.95. The Balaban J connectivity index is 1.49. The smallest absolute Gasteiger partial charge is 0.0175 e. The third-order valence-electron chi connectivity index (χ3n) is 7.31. The van der Waals surface area contributed by atoms with Gasteiger partial charge in [-0.05, 0) is 60.8 Å². The van der Waals surface area contributed by atoms with Crippen LogP contribution in [0.15, 0.2) is 0 Å². The average Bonchev–Trinajstić information content (AvgIpc) is 2.87. The molecule has 1 unspecified atom stereocenters. The van der Waals surface area contributed by atoms with Gasteiger partial charge in [0.05, 0.1) is 0 Å². The van der Waals surface area contributed by atoms with Crippen molar-refractivity contribution in [2.24, 2.45) is 28.6 Å². The Hall–Kier alpha value is -0.0400. The summed E-state index contributed by atoms with van der Waals surface area (Å²) in [5.41, 5.74) is 1.11. The Morgan fingerprint density at radius 2 is 1.70 bits per heavy atom. The van der Waals surface area contributed by atoms with Crippen LogP contribution < -0.4 is 5.32 Å². The molecule has 0 amide bonds. The molecule has 3 saturated carbocycles. The minimum absolute atomic E-state index is 0.522. The summed E-state index contributed by atoms with van der Waals surface area (Å²) < 4.78 is 0. The van der Waals surface area contributed by atoms with Crippen molar-refractivity contribution in [1.82, 2.24) is 5.32 Å². The topological polar surface area (TPSA) is 12.0 Å². The molecule has 2 bridgehead atoms. The summed E-state index contributed by atoms with van der Waals surface area (Å²) >= 11 is 0. The van der Waals surface area contributed by atoms with E-state index in [2.05, 4.69) is 33.0 Å². The van der Waals surface area contributed by atoms with Gasteiger partial charge < -0.3 is 5.32 Å². The average molecular weight is 277 g/mol. The van der Waals surface area contributed by atoms with Crippen LogP contribution in [-0.4, -0.2) is 12.6 Å². The number of nitrogens with one attached hydrogen (secondary N) is 1. The molecule has 0 spiro atoms. The summed E-state index contributed by atoms with van der Waals surface area (Å²) in [6.45, 7) is 11.3. The Bertz CT molecular complexity index is 335. The van der Waals surface area contributed by atoms with Crippen LogP contribution in [0.25, 0.3) is 0 Å². The molecule has 20 heavy (non-hydrogen) atoms. The van der Waals surface area contributed by atoms with Gasteiger partial charge in [0.1, 0.15) is 0 Å². The summed E-state index contributed by atoms with van der Waals surface area (Å²) in [4.78, 5) is 0. The Labute approximate surface area is 126 Å². The molecule has 0 saturated heterocycles. The summed E-state index contributed by atoms with van der Waals surface area (Å²) in [5, 5.41) is 4.00. The zero-order chi connectivity index (χ0) is 14.4. The van der Waals surface area contributed by atoms with Gasteiger partial charge in [-0.25, -0.2) is 0 Å². The van der Waals surface area contributed by atoms with Crippen LogP contribution in [0.3, 0.4) is 0 Å². The van der Waals surface area contributed by atoms with Crippen LogP contribution in [0.5, 0.6) is 0 Å². The fourth-order valence-electron chi connectivity index (χ4n) is 5.86. The second kappa shape index (κ2) is 5.30. The molecule has 1 heteroatoms. The number of rotatable bonds is 4. The van der Waals surface area contributed by atoms with E-state index in [9.17, 15) is 0 Å². The molecular weight excluding hydrogens is 242 g/mol. The van der Waals surface area contributed by atoms with Gasteiger partial charge in [-0.1, -0.05) is 53.4 Å². The normalized spacial score (nSPS) is 46.8. The van der Waals surface area contributed by atoms with Crippen LogP contribution in [0, 0.1) is 28.6 Å². The molecule has 0 aromatic carbocycles. The maximum atomic E-state index is 4.00. The summed E-state index contributed by atoms with van der Waals surface area (Å²) in [6, 6.07) is 0.760. The molecule has 0 aromatic rings. The lowest BCUT2D eigenvalue weighted by atomic mass is 9.68. The van der Waals surface area contributed by atoms with E-state index in [-0.39, 0.29) is 0 Å². The first-order valence-corrected chi connectivity index (χ1v) is 9.15. The van der Waals surface area contributed by atoms with Gasteiger partial charge in [0.2, 0.25) is 0 Å². The standard InChI is InChI=1S/C19H35N/c1-14-5-7-15(8-6-14)10-12-20-17-18(2,3)16-9-11-19(17,4)13-16/h14-17,20H,5-13H2,1-4H3/t14?,15?,16-,17?,19+/m0/s1. The molecule has 0 radical (unpaired) electrons. The highest BCUT2D eigenvalue weighted by atomic mass is 15.0. The first-order chi connectivity index (χ1) is 9.42. The van der Waals surface area contributed by atoms with Gasteiger partial charge in [0.25, 0.3) is 0 Å². The maximum Gasteiger partial charge on any atom is 0.0175 e. The fourth-order valence-corrected chi connectivity index (χ4v) is 5.86. The summed E-state index contributed by atoms with van der Waals surface area (Å²) in [7, 11) is 0. The number of hydrogen-bond donors (Lipinski definition) is 1. The van der Waals surface area contributed by atoms with Crippen molar-refractivity contribution in [3.63, 3.8) is 0 Å². The molecule has 1 N–H and O–H groups in total. The monoisotopic (exact) mass is 277 g/mol. The molecule has 1 nitrogen and oxygen atoms in total. The van der Waals surface area contributed by atoms with Crippen LogP contribution in [0.4, 0.5) is 0 Å². The lowest BCUT2D eigenvalue weighted by Gasteiger charge is -2.43. The van der Waals surface area contributed by atoms with Crippen molar-refractivity contribution >= 4 is 0 Å². The first kappa shape index (κ1) is 14.9. The number of fused-ring (bicyclic) bond motifs is 2. The van der Waals surface area contributed by atoms with Crippen molar-refractivity contribution < 1.29 is 0 Å². The van der Waals surface area contributed by atoms with E-state index in [1.54, 1.807) is 0 Å². The van der Waals surface area contributed by atoms with E-state index >= 15 is 0 Å². The highest BCUT2D eigenvalue weighted by Crippen LogP contribution is 2.62. The minimum atomic E-state index is 0.522. The zero-order valence-electron chi connectivity index (χ0n) is 14.2. The van der Waals surface area contributed by atoms with Gasteiger partial charge in [0.15, 0.2) is 0 Å². The minimum Gasteiger partial charge on any atom is -0.313 e. The van der Waals surface area contributed by atoms with Gasteiger partial charge in [-0.2, -0.15) is 0 Å². The molecule has 3 atom stereocenters. The third-order valence-corrected chi connectivity index (χ3v) is 7.31. The Morgan fingerprint density at radius 3 is 2.30 bits per heavy atom.